The average Bonchev–Trinajstić information content (AvgIpc) is 2.54. The van der Waals surface area contributed by atoms with Crippen LogP contribution in [0.1, 0.15) is 11.1 Å². The minimum absolute atomic E-state index is 1.02. The molecule has 0 amide bonds. The van der Waals surface area contributed by atoms with Gasteiger partial charge in [-0.1, -0.05) is 36.4 Å². The summed E-state index contributed by atoms with van der Waals surface area (Å²) in [6.07, 6.45) is 0. The largest absolute Gasteiger partial charge is 0.314 e. The lowest BCUT2D eigenvalue weighted by Gasteiger charge is -2.12. The predicted molar refractivity (Wildman–Crippen MR) is 74.2 cm³/mol. The molecule has 0 aliphatic carbocycles. The Morgan fingerprint density at radius 3 is 2.41 bits per heavy atom. The molecule has 1 heterocycles. The molecule has 2 heteroatoms. The second kappa shape index (κ2) is 3.34. The van der Waals surface area contributed by atoms with Crippen molar-refractivity contribution in [2.45, 2.75) is 13.8 Å². The van der Waals surface area contributed by atoms with E-state index < -0.39 is 7.14 Å². The molecule has 0 saturated heterocycles. The topological polar surface area (TPSA) is 17.1 Å². The minimum atomic E-state index is -2.39. The van der Waals surface area contributed by atoms with E-state index in [4.69, 9.17) is 0 Å². The second-order valence-corrected chi connectivity index (χ2v) is 7.62. The van der Waals surface area contributed by atoms with Gasteiger partial charge in [-0.2, -0.15) is 0 Å². The molecule has 17 heavy (non-hydrogen) atoms. The van der Waals surface area contributed by atoms with Gasteiger partial charge in [0.25, 0.3) is 0 Å². The first-order valence-electron chi connectivity index (χ1n) is 5.82. The van der Waals surface area contributed by atoms with Crippen molar-refractivity contribution in [1.82, 2.24) is 0 Å². The molecule has 1 aliphatic rings. The molecule has 86 valence electrons. The number of aryl methyl sites for hydroxylation is 1. The standard InChI is InChI=1S/C15H15OP/c1-10-8-9-13-12-6-4-5-7-14(12)17(3,16)15(13)11(10)2/h4-9H,1-3H3. The third kappa shape index (κ3) is 1.29. The van der Waals surface area contributed by atoms with Crippen LogP contribution in [0.15, 0.2) is 36.4 Å². The molecule has 3 rings (SSSR count). The van der Waals surface area contributed by atoms with Gasteiger partial charge >= 0.3 is 0 Å². The number of rotatable bonds is 0. The van der Waals surface area contributed by atoms with Gasteiger partial charge in [0.15, 0.2) is 0 Å². The third-order valence-corrected chi connectivity index (χ3v) is 6.52. The van der Waals surface area contributed by atoms with Crippen LogP contribution >= 0.6 is 7.14 Å². The Kier molecular flexibility index (Phi) is 2.12. The number of hydrogen-bond donors (Lipinski definition) is 0. The zero-order valence-electron chi connectivity index (χ0n) is 10.3. The van der Waals surface area contributed by atoms with E-state index in [1.807, 2.05) is 24.9 Å². The molecule has 1 unspecified atom stereocenters. The van der Waals surface area contributed by atoms with Crippen molar-refractivity contribution in [3.05, 3.63) is 47.5 Å². The molecular formula is C15H15OP. The quantitative estimate of drug-likeness (QED) is 0.648. The van der Waals surface area contributed by atoms with Gasteiger partial charge in [0, 0.05) is 10.6 Å². The zero-order valence-corrected chi connectivity index (χ0v) is 11.2. The van der Waals surface area contributed by atoms with Crippen molar-refractivity contribution in [3.63, 3.8) is 0 Å². The average molecular weight is 242 g/mol. The van der Waals surface area contributed by atoms with Gasteiger partial charge in [0.05, 0.1) is 0 Å². The van der Waals surface area contributed by atoms with E-state index in [-0.39, 0.29) is 0 Å². The lowest BCUT2D eigenvalue weighted by molar-refractivity contribution is 0.591. The molecular weight excluding hydrogens is 227 g/mol. The molecule has 0 N–H and O–H groups in total. The molecule has 0 fully saturated rings. The summed E-state index contributed by atoms with van der Waals surface area (Å²) in [6, 6.07) is 12.3. The number of benzene rings is 2. The van der Waals surface area contributed by atoms with E-state index in [1.54, 1.807) is 0 Å². The Morgan fingerprint density at radius 2 is 1.65 bits per heavy atom. The summed E-state index contributed by atoms with van der Waals surface area (Å²) in [5.74, 6) is 0. The molecule has 0 bridgehead atoms. The van der Waals surface area contributed by atoms with Crippen LogP contribution in [0.25, 0.3) is 11.1 Å². The zero-order chi connectivity index (χ0) is 12.2. The molecule has 0 spiro atoms. The van der Waals surface area contributed by atoms with Crippen molar-refractivity contribution in [2.75, 3.05) is 6.66 Å². The smallest absolute Gasteiger partial charge is 0.141 e. The first-order chi connectivity index (χ1) is 8.03. The third-order valence-electron chi connectivity index (χ3n) is 3.78. The van der Waals surface area contributed by atoms with Crippen molar-refractivity contribution < 1.29 is 4.57 Å². The van der Waals surface area contributed by atoms with Gasteiger partial charge in [-0.3, -0.25) is 0 Å². The molecule has 0 saturated carbocycles. The van der Waals surface area contributed by atoms with E-state index in [1.165, 1.54) is 11.1 Å². The van der Waals surface area contributed by atoms with Crippen molar-refractivity contribution in [3.8, 4) is 11.1 Å². The van der Waals surface area contributed by atoms with Crippen molar-refractivity contribution in [2.24, 2.45) is 0 Å². The fourth-order valence-electron chi connectivity index (χ4n) is 2.76. The van der Waals surface area contributed by atoms with Gasteiger partial charge in [-0.15, -0.1) is 0 Å². The van der Waals surface area contributed by atoms with Gasteiger partial charge < -0.3 is 4.57 Å². The van der Waals surface area contributed by atoms with Gasteiger partial charge in [0.1, 0.15) is 7.14 Å². The molecule has 2 aromatic carbocycles. The van der Waals surface area contributed by atoms with Crippen LogP contribution in [0.5, 0.6) is 0 Å². The number of hydrogen-bond acceptors (Lipinski definition) is 1. The lowest BCUT2D eigenvalue weighted by Crippen LogP contribution is -2.12. The molecule has 1 aliphatic heterocycles. The van der Waals surface area contributed by atoms with Crippen LogP contribution < -0.4 is 10.6 Å². The summed E-state index contributed by atoms with van der Waals surface area (Å²) in [4.78, 5) is 0. The highest BCUT2D eigenvalue weighted by Crippen LogP contribution is 2.50. The Bertz CT molecular complexity index is 671. The van der Waals surface area contributed by atoms with Gasteiger partial charge in [-0.25, -0.2) is 0 Å². The van der Waals surface area contributed by atoms with Crippen LogP contribution in [-0.4, -0.2) is 6.66 Å². The van der Waals surface area contributed by atoms with Crippen LogP contribution in [0.2, 0.25) is 0 Å². The monoisotopic (exact) mass is 242 g/mol. The summed E-state index contributed by atoms with van der Waals surface area (Å²) in [5.41, 5.74) is 4.72. The molecule has 0 radical (unpaired) electrons. The Labute approximate surface area is 102 Å². The minimum Gasteiger partial charge on any atom is -0.314 e. The Hall–Kier alpha value is -1.33. The van der Waals surface area contributed by atoms with Crippen molar-refractivity contribution >= 4 is 17.8 Å². The summed E-state index contributed by atoms with van der Waals surface area (Å²) in [6.45, 7) is 6.05. The Morgan fingerprint density at radius 1 is 0.941 bits per heavy atom. The molecule has 0 aromatic heterocycles. The maximum absolute atomic E-state index is 13.0. The number of fused-ring (bicyclic) bond motifs is 3. The second-order valence-electron chi connectivity index (χ2n) is 4.84. The van der Waals surface area contributed by atoms with Gasteiger partial charge in [-0.05, 0) is 42.8 Å². The fraction of sp³-hybridized carbons (Fsp3) is 0.200. The first-order valence-corrected chi connectivity index (χ1v) is 7.97. The molecule has 1 atom stereocenters. The molecule has 1 nitrogen and oxygen atoms in total. The normalized spacial score (nSPS) is 21.1. The van der Waals surface area contributed by atoms with Gasteiger partial charge in [0.2, 0.25) is 0 Å². The van der Waals surface area contributed by atoms with E-state index in [0.29, 0.717) is 0 Å². The van der Waals surface area contributed by atoms with Crippen LogP contribution in [0.4, 0.5) is 0 Å². The first kappa shape index (κ1) is 10.8. The summed E-state index contributed by atoms with van der Waals surface area (Å²) in [5, 5.41) is 2.09. The highest BCUT2D eigenvalue weighted by Gasteiger charge is 2.35. The lowest BCUT2D eigenvalue weighted by atomic mass is 10.0. The molecule has 2 aromatic rings. The van der Waals surface area contributed by atoms with Crippen LogP contribution in [-0.2, 0) is 4.57 Å². The van der Waals surface area contributed by atoms with E-state index in [9.17, 15) is 4.57 Å². The fourth-order valence-corrected chi connectivity index (χ4v) is 5.50. The SMILES string of the molecule is Cc1ccc2c(c1C)P(C)(=O)c1ccccc1-2. The van der Waals surface area contributed by atoms with Crippen molar-refractivity contribution in [1.29, 1.82) is 0 Å². The highest BCUT2D eigenvalue weighted by atomic mass is 31.2. The predicted octanol–water partition coefficient (Wildman–Crippen LogP) is 3.23. The van der Waals surface area contributed by atoms with Crippen LogP contribution in [0, 0.1) is 13.8 Å². The van der Waals surface area contributed by atoms with Crippen LogP contribution in [0.3, 0.4) is 0 Å². The summed E-state index contributed by atoms with van der Waals surface area (Å²) >= 11 is 0. The summed E-state index contributed by atoms with van der Waals surface area (Å²) < 4.78 is 13.0. The highest BCUT2D eigenvalue weighted by molar-refractivity contribution is 7.79. The van der Waals surface area contributed by atoms with E-state index in [2.05, 4.69) is 32.0 Å². The van der Waals surface area contributed by atoms with E-state index in [0.717, 1.165) is 21.7 Å². The Balaban J connectivity index is 2.49. The van der Waals surface area contributed by atoms with E-state index >= 15 is 0 Å². The summed E-state index contributed by atoms with van der Waals surface area (Å²) in [7, 11) is -2.39. The maximum atomic E-state index is 13.0. The maximum Gasteiger partial charge on any atom is 0.141 e.